The van der Waals surface area contributed by atoms with Gasteiger partial charge in [-0.3, -0.25) is 0 Å². The summed E-state index contributed by atoms with van der Waals surface area (Å²) in [7, 11) is 0. The van der Waals surface area contributed by atoms with E-state index in [4.69, 9.17) is 15.0 Å². The van der Waals surface area contributed by atoms with Crippen LogP contribution in [-0.2, 0) is 11.3 Å². The maximum atomic E-state index is 5.78. The molecule has 1 aromatic rings. The van der Waals surface area contributed by atoms with Crippen LogP contribution in [0.3, 0.4) is 0 Å². The van der Waals surface area contributed by atoms with Gasteiger partial charge in [-0.15, -0.1) is 0 Å². The van der Waals surface area contributed by atoms with Gasteiger partial charge in [0.2, 0.25) is 0 Å². The van der Waals surface area contributed by atoms with Crippen molar-refractivity contribution in [2.45, 2.75) is 32.3 Å². The van der Waals surface area contributed by atoms with E-state index in [-0.39, 0.29) is 0 Å². The van der Waals surface area contributed by atoms with Crippen molar-refractivity contribution < 1.29 is 9.26 Å². The van der Waals surface area contributed by atoms with E-state index in [2.05, 4.69) is 5.16 Å². The third kappa shape index (κ3) is 3.06. The Bertz CT molecular complexity index is 287. The molecule has 2 atom stereocenters. The molecule has 2 rings (SSSR count). The van der Waals surface area contributed by atoms with Gasteiger partial charge in [0.25, 0.3) is 0 Å². The van der Waals surface area contributed by atoms with Gasteiger partial charge in [0.1, 0.15) is 6.61 Å². The van der Waals surface area contributed by atoms with Gasteiger partial charge in [0.05, 0.1) is 12.8 Å². The Morgan fingerprint density at radius 2 is 2.19 bits per heavy atom. The fourth-order valence-electron chi connectivity index (χ4n) is 2.44. The molecule has 2 unspecified atom stereocenters. The summed E-state index contributed by atoms with van der Waals surface area (Å²) in [5.41, 5.74) is 5.78. The zero-order valence-electron chi connectivity index (χ0n) is 9.60. The van der Waals surface area contributed by atoms with E-state index in [1.807, 2.05) is 6.07 Å². The molecule has 2 N–H and O–H groups in total. The average Bonchev–Trinajstić information content (AvgIpc) is 2.83. The van der Waals surface area contributed by atoms with Crippen molar-refractivity contribution in [3.05, 3.63) is 18.0 Å². The lowest BCUT2D eigenvalue weighted by atomic mass is 9.80. The number of aromatic nitrogens is 1. The van der Waals surface area contributed by atoms with Crippen LogP contribution in [0.1, 0.15) is 31.4 Å². The van der Waals surface area contributed by atoms with Gasteiger partial charge >= 0.3 is 0 Å². The van der Waals surface area contributed by atoms with Gasteiger partial charge in [-0.2, -0.15) is 0 Å². The Hall–Kier alpha value is -0.870. The van der Waals surface area contributed by atoms with Gasteiger partial charge in [0.15, 0.2) is 5.76 Å². The second-order valence-corrected chi connectivity index (χ2v) is 4.53. The summed E-state index contributed by atoms with van der Waals surface area (Å²) in [5, 5.41) is 3.64. The number of rotatable bonds is 5. The standard InChI is InChI=1S/C12H20N2O2/c13-7-10-3-1-2-4-11(10)8-15-9-12-5-6-14-16-12/h5-6,10-11H,1-4,7-9,13H2. The summed E-state index contributed by atoms with van der Waals surface area (Å²) in [6.07, 6.45) is 6.78. The first-order valence-corrected chi connectivity index (χ1v) is 6.07. The highest BCUT2D eigenvalue weighted by atomic mass is 16.5. The molecule has 90 valence electrons. The summed E-state index contributed by atoms with van der Waals surface area (Å²) in [4.78, 5) is 0. The second-order valence-electron chi connectivity index (χ2n) is 4.53. The Morgan fingerprint density at radius 1 is 1.38 bits per heavy atom. The molecule has 1 saturated carbocycles. The number of hydrogen-bond donors (Lipinski definition) is 1. The van der Waals surface area contributed by atoms with Gasteiger partial charge in [-0.1, -0.05) is 18.0 Å². The minimum Gasteiger partial charge on any atom is -0.373 e. The van der Waals surface area contributed by atoms with Crippen molar-refractivity contribution in [1.29, 1.82) is 0 Å². The van der Waals surface area contributed by atoms with Crippen LogP contribution in [-0.4, -0.2) is 18.3 Å². The summed E-state index contributed by atoms with van der Waals surface area (Å²) in [5.74, 6) is 2.06. The first-order chi connectivity index (χ1) is 7.90. The van der Waals surface area contributed by atoms with E-state index in [1.165, 1.54) is 25.7 Å². The van der Waals surface area contributed by atoms with Crippen LogP contribution in [0.2, 0.25) is 0 Å². The minimum absolute atomic E-state index is 0.522. The van der Waals surface area contributed by atoms with E-state index in [0.29, 0.717) is 18.4 Å². The topological polar surface area (TPSA) is 61.3 Å². The third-order valence-electron chi connectivity index (χ3n) is 3.44. The maximum absolute atomic E-state index is 5.78. The van der Waals surface area contributed by atoms with Crippen LogP contribution >= 0.6 is 0 Å². The van der Waals surface area contributed by atoms with Crippen molar-refractivity contribution >= 4 is 0 Å². The van der Waals surface area contributed by atoms with Crippen molar-refractivity contribution in [3.63, 3.8) is 0 Å². The molecule has 1 aliphatic rings. The van der Waals surface area contributed by atoms with Crippen molar-refractivity contribution in [2.24, 2.45) is 17.6 Å². The normalized spacial score (nSPS) is 25.8. The number of nitrogens with zero attached hydrogens (tertiary/aromatic N) is 1. The highest BCUT2D eigenvalue weighted by Gasteiger charge is 2.23. The predicted octanol–water partition coefficient (Wildman–Crippen LogP) is 1.96. The minimum atomic E-state index is 0.522. The Balaban J connectivity index is 1.71. The zero-order valence-corrected chi connectivity index (χ0v) is 9.60. The van der Waals surface area contributed by atoms with Crippen molar-refractivity contribution in [2.75, 3.05) is 13.2 Å². The summed E-state index contributed by atoms with van der Waals surface area (Å²) in [6, 6.07) is 1.83. The summed E-state index contributed by atoms with van der Waals surface area (Å²) >= 11 is 0. The van der Waals surface area contributed by atoms with Crippen LogP contribution in [0, 0.1) is 11.8 Å². The molecule has 4 nitrogen and oxygen atoms in total. The molecular formula is C12H20N2O2. The highest BCUT2D eigenvalue weighted by molar-refractivity contribution is 4.90. The largest absolute Gasteiger partial charge is 0.373 e. The fraction of sp³-hybridized carbons (Fsp3) is 0.750. The van der Waals surface area contributed by atoms with Crippen LogP contribution in [0.25, 0.3) is 0 Å². The molecule has 0 bridgehead atoms. The molecule has 0 radical (unpaired) electrons. The van der Waals surface area contributed by atoms with E-state index >= 15 is 0 Å². The first kappa shape index (κ1) is 11.6. The molecule has 1 aromatic heterocycles. The molecule has 0 aromatic carbocycles. The highest BCUT2D eigenvalue weighted by Crippen LogP contribution is 2.29. The monoisotopic (exact) mass is 224 g/mol. The van der Waals surface area contributed by atoms with Crippen LogP contribution < -0.4 is 5.73 Å². The molecule has 4 heteroatoms. The number of hydrogen-bond acceptors (Lipinski definition) is 4. The van der Waals surface area contributed by atoms with Crippen molar-refractivity contribution in [3.8, 4) is 0 Å². The average molecular weight is 224 g/mol. The molecule has 1 aliphatic carbocycles. The van der Waals surface area contributed by atoms with Gasteiger partial charge in [0, 0.05) is 6.07 Å². The van der Waals surface area contributed by atoms with Gasteiger partial charge < -0.3 is 15.0 Å². The van der Waals surface area contributed by atoms with E-state index in [0.717, 1.165) is 18.9 Å². The first-order valence-electron chi connectivity index (χ1n) is 6.07. The SMILES string of the molecule is NCC1CCCCC1COCc1ccno1. The Labute approximate surface area is 96.1 Å². The molecule has 0 aliphatic heterocycles. The maximum Gasteiger partial charge on any atom is 0.162 e. The predicted molar refractivity (Wildman–Crippen MR) is 60.7 cm³/mol. The van der Waals surface area contributed by atoms with Crippen LogP contribution in [0.15, 0.2) is 16.8 Å². The molecular weight excluding hydrogens is 204 g/mol. The molecule has 1 fully saturated rings. The number of ether oxygens (including phenoxy) is 1. The lowest BCUT2D eigenvalue weighted by Crippen LogP contribution is -2.29. The summed E-state index contributed by atoms with van der Waals surface area (Å²) in [6.45, 7) is 2.10. The van der Waals surface area contributed by atoms with Crippen LogP contribution in [0.5, 0.6) is 0 Å². The molecule has 0 spiro atoms. The molecule has 0 saturated heterocycles. The van der Waals surface area contributed by atoms with Gasteiger partial charge in [-0.05, 0) is 31.2 Å². The quantitative estimate of drug-likeness (QED) is 0.830. The van der Waals surface area contributed by atoms with E-state index < -0.39 is 0 Å². The van der Waals surface area contributed by atoms with Crippen LogP contribution in [0.4, 0.5) is 0 Å². The molecule has 1 heterocycles. The zero-order chi connectivity index (χ0) is 11.2. The number of nitrogens with two attached hydrogens (primary N) is 1. The molecule has 0 amide bonds. The van der Waals surface area contributed by atoms with E-state index in [1.54, 1.807) is 6.20 Å². The lowest BCUT2D eigenvalue weighted by Gasteiger charge is -2.30. The lowest BCUT2D eigenvalue weighted by molar-refractivity contribution is 0.0408. The van der Waals surface area contributed by atoms with Gasteiger partial charge in [-0.25, -0.2) is 0 Å². The third-order valence-corrected chi connectivity index (χ3v) is 3.44. The Morgan fingerprint density at radius 3 is 2.88 bits per heavy atom. The molecule has 16 heavy (non-hydrogen) atoms. The summed E-state index contributed by atoms with van der Waals surface area (Å²) < 4.78 is 10.6. The fourth-order valence-corrected chi connectivity index (χ4v) is 2.44. The second kappa shape index (κ2) is 6.01. The Kier molecular flexibility index (Phi) is 4.36. The smallest absolute Gasteiger partial charge is 0.162 e. The van der Waals surface area contributed by atoms with Crippen molar-refractivity contribution in [1.82, 2.24) is 5.16 Å². The van der Waals surface area contributed by atoms with E-state index in [9.17, 15) is 0 Å².